The van der Waals surface area contributed by atoms with Gasteiger partial charge in [0.2, 0.25) is 5.91 Å². The summed E-state index contributed by atoms with van der Waals surface area (Å²) in [5.41, 5.74) is 1.83. The Morgan fingerprint density at radius 2 is 2.23 bits per heavy atom. The number of aryl methyl sites for hydroxylation is 1. The third-order valence-corrected chi connectivity index (χ3v) is 7.75. The average molecular weight is 439 g/mol. The number of fused-ring (bicyclic) bond motifs is 1. The smallest absolute Gasteiger partial charge is 0.242 e. The van der Waals surface area contributed by atoms with E-state index in [1.54, 1.807) is 17.5 Å². The van der Waals surface area contributed by atoms with Crippen molar-refractivity contribution in [2.24, 2.45) is 0 Å². The molecule has 164 valence electrons. The Hall–Kier alpha value is -2.50. The highest BCUT2D eigenvalue weighted by atomic mass is 32.1. The standard InChI is InChI=1S/C23H30N6OS/c1-16(28(2)15-17-8-7-13-29(17)21-11-6-12-25-27-21)22(30)26-23-19(14-24)18-9-4-3-5-10-20(18)31-23/h6,11-12,16-17H,3-5,7-10,13,15H2,1-2H3,(H,26,30). The summed E-state index contributed by atoms with van der Waals surface area (Å²) in [5, 5.41) is 21.8. The lowest BCUT2D eigenvalue weighted by Crippen LogP contribution is -2.46. The van der Waals surface area contributed by atoms with Crippen molar-refractivity contribution >= 4 is 28.1 Å². The van der Waals surface area contributed by atoms with Crippen molar-refractivity contribution in [1.29, 1.82) is 5.26 Å². The van der Waals surface area contributed by atoms with E-state index in [1.165, 1.54) is 11.3 Å². The van der Waals surface area contributed by atoms with Crippen molar-refractivity contribution in [2.75, 3.05) is 30.4 Å². The van der Waals surface area contributed by atoms with Gasteiger partial charge in [0.1, 0.15) is 11.1 Å². The van der Waals surface area contributed by atoms with E-state index in [1.807, 2.05) is 26.1 Å². The number of nitrogens with zero attached hydrogens (tertiary/aromatic N) is 5. The summed E-state index contributed by atoms with van der Waals surface area (Å²) in [6, 6.07) is 6.27. The maximum absolute atomic E-state index is 13.0. The molecule has 0 radical (unpaired) electrons. The van der Waals surface area contributed by atoms with Gasteiger partial charge in [-0.3, -0.25) is 9.69 Å². The van der Waals surface area contributed by atoms with Gasteiger partial charge in [0, 0.05) is 30.2 Å². The zero-order valence-electron chi connectivity index (χ0n) is 18.3. The largest absolute Gasteiger partial charge is 0.351 e. The van der Waals surface area contributed by atoms with E-state index in [0.29, 0.717) is 11.6 Å². The lowest BCUT2D eigenvalue weighted by Gasteiger charge is -2.31. The Kier molecular flexibility index (Phi) is 6.83. The van der Waals surface area contributed by atoms with Gasteiger partial charge in [-0.15, -0.1) is 16.4 Å². The van der Waals surface area contributed by atoms with Gasteiger partial charge in [0.15, 0.2) is 5.82 Å². The third kappa shape index (κ3) is 4.73. The van der Waals surface area contributed by atoms with Crippen LogP contribution in [0, 0.1) is 11.3 Å². The molecule has 2 aliphatic rings. The first-order valence-corrected chi connectivity index (χ1v) is 12.0. The van der Waals surface area contributed by atoms with E-state index in [0.717, 1.165) is 68.0 Å². The normalized spacial score (nSPS) is 19.5. The molecule has 2 atom stereocenters. The van der Waals surface area contributed by atoms with Crippen molar-refractivity contribution in [2.45, 2.75) is 64.0 Å². The van der Waals surface area contributed by atoms with Crippen molar-refractivity contribution in [3.05, 3.63) is 34.3 Å². The van der Waals surface area contributed by atoms with E-state index in [-0.39, 0.29) is 11.9 Å². The van der Waals surface area contributed by atoms with Crippen molar-refractivity contribution in [3.63, 3.8) is 0 Å². The number of aromatic nitrogens is 2. The molecule has 1 amide bonds. The summed E-state index contributed by atoms with van der Waals surface area (Å²) in [5.74, 6) is 0.841. The molecule has 7 nitrogen and oxygen atoms in total. The van der Waals surface area contributed by atoms with E-state index in [4.69, 9.17) is 0 Å². The summed E-state index contributed by atoms with van der Waals surface area (Å²) in [6.45, 7) is 3.67. The Bertz CT molecular complexity index is 953. The lowest BCUT2D eigenvalue weighted by atomic mass is 10.1. The highest BCUT2D eigenvalue weighted by Gasteiger charge is 2.30. The van der Waals surface area contributed by atoms with Crippen molar-refractivity contribution < 1.29 is 4.79 Å². The quantitative estimate of drug-likeness (QED) is 0.694. The molecule has 31 heavy (non-hydrogen) atoms. The number of carbonyl (C=O) groups excluding carboxylic acids is 1. The Labute approximate surface area is 188 Å². The second kappa shape index (κ2) is 9.75. The number of rotatable bonds is 6. The molecule has 0 aromatic carbocycles. The van der Waals surface area contributed by atoms with Gasteiger partial charge in [0.05, 0.1) is 11.6 Å². The highest BCUT2D eigenvalue weighted by molar-refractivity contribution is 7.16. The van der Waals surface area contributed by atoms with E-state index in [2.05, 4.69) is 31.4 Å². The number of thiophene rings is 1. The van der Waals surface area contributed by atoms with Crippen LogP contribution >= 0.6 is 11.3 Å². The Morgan fingerprint density at radius 3 is 3.00 bits per heavy atom. The third-order valence-electron chi connectivity index (χ3n) is 6.54. The molecule has 0 bridgehead atoms. The molecule has 1 saturated heterocycles. The highest BCUT2D eigenvalue weighted by Crippen LogP contribution is 2.37. The second-order valence-corrected chi connectivity index (χ2v) is 9.66. The summed E-state index contributed by atoms with van der Waals surface area (Å²) >= 11 is 1.59. The monoisotopic (exact) mass is 438 g/mol. The van der Waals surface area contributed by atoms with Crippen LogP contribution in [0.4, 0.5) is 10.8 Å². The number of hydrogen-bond acceptors (Lipinski definition) is 7. The van der Waals surface area contributed by atoms with Crippen LogP contribution in [-0.2, 0) is 17.6 Å². The van der Waals surface area contributed by atoms with Crippen LogP contribution in [0.3, 0.4) is 0 Å². The Morgan fingerprint density at radius 1 is 1.39 bits per heavy atom. The van der Waals surface area contributed by atoms with Crippen LogP contribution in [0.5, 0.6) is 0 Å². The molecular formula is C23H30N6OS. The molecule has 0 spiro atoms. The number of hydrogen-bond donors (Lipinski definition) is 1. The molecule has 3 heterocycles. The van der Waals surface area contributed by atoms with Gasteiger partial charge >= 0.3 is 0 Å². The fraction of sp³-hybridized carbons (Fsp3) is 0.565. The van der Waals surface area contributed by atoms with Gasteiger partial charge in [0.25, 0.3) is 0 Å². The van der Waals surface area contributed by atoms with Gasteiger partial charge in [-0.05, 0) is 70.2 Å². The predicted octanol–water partition coefficient (Wildman–Crippen LogP) is 3.61. The summed E-state index contributed by atoms with van der Waals surface area (Å²) in [7, 11) is 1.99. The number of carbonyl (C=O) groups is 1. The molecule has 1 aliphatic carbocycles. The number of nitrogens with one attached hydrogen (secondary N) is 1. The molecule has 4 rings (SSSR count). The summed E-state index contributed by atoms with van der Waals surface area (Å²) < 4.78 is 0. The molecule has 2 aromatic heterocycles. The van der Waals surface area contributed by atoms with Gasteiger partial charge in [-0.25, -0.2) is 0 Å². The fourth-order valence-electron chi connectivity index (χ4n) is 4.63. The number of likely N-dealkylation sites (N-methyl/N-ethyl adjacent to an activating group) is 1. The van der Waals surface area contributed by atoms with Crippen molar-refractivity contribution in [1.82, 2.24) is 15.1 Å². The molecule has 1 fully saturated rings. The molecule has 8 heteroatoms. The topological polar surface area (TPSA) is 85.2 Å². The molecule has 1 N–H and O–H groups in total. The van der Waals surface area contributed by atoms with E-state index in [9.17, 15) is 10.1 Å². The zero-order valence-corrected chi connectivity index (χ0v) is 19.1. The summed E-state index contributed by atoms with van der Waals surface area (Å²) in [4.78, 5) is 18.7. The van der Waals surface area contributed by atoms with Crippen LogP contribution in [-0.4, -0.2) is 53.2 Å². The van der Waals surface area contributed by atoms with Crippen molar-refractivity contribution in [3.8, 4) is 6.07 Å². The number of anilines is 2. The minimum absolute atomic E-state index is 0.0561. The van der Waals surface area contributed by atoms with Gasteiger partial charge in [-0.1, -0.05) is 6.42 Å². The maximum Gasteiger partial charge on any atom is 0.242 e. The minimum Gasteiger partial charge on any atom is -0.351 e. The molecular weight excluding hydrogens is 408 g/mol. The van der Waals surface area contributed by atoms with E-state index >= 15 is 0 Å². The van der Waals surface area contributed by atoms with Crippen LogP contribution in [0.1, 0.15) is 55.0 Å². The summed E-state index contributed by atoms with van der Waals surface area (Å²) in [6.07, 6.45) is 9.33. The number of nitriles is 1. The average Bonchev–Trinajstić information content (AvgIpc) is 3.30. The first-order chi connectivity index (χ1) is 15.1. The molecule has 0 saturated carbocycles. The zero-order chi connectivity index (χ0) is 21.8. The minimum atomic E-state index is -0.294. The van der Waals surface area contributed by atoms with E-state index < -0.39 is 0 Å². The SMILES string of the molecule is CC(C(=O)Nc1sc2c(c1C#N)CCCCC2)N(C)CC1CCCN1c1cccnn1. The maximum atomic E-state index is 13.0. The number of amides is 1. The fourth-order valence-corrected chi connectivity index (χ4v) is 5.87. The second-order valence-electron chi connectivity index (χ2n) is 8.56. The van der Waals surface area contributed by atoms with Gasteiger partial charge in [-0.2, -0.15) is 10.4 Å². The predicted molar refractivity (Wildman–Crippen MR) is 123 cm³/mol. The molecule has 2 aromatic rings. The van der Waals surface area contributed by atoms with Crippen LogP contribution in [0.25, 0.3) is 0 Å². The first kappa shape index (κ1) is 21.7. The van der Waals surface area contributed by atoms with Crippen LogP contribution in [0.15, 0.2) is 18.3 Å². The molecule has 1 aliphatic heterocycles. The van der Waals surface area contributed by atoms with Crippen LogP contribution in [0.2, 0.25) is 0 Å². The van der Waals surface area contributed by atoms with Crippen LogP contribution < -0.4 is 10.2 Å². The first-order valence-electron chi connectivity index (χ1n) is 11.2. The van der Waals surface area contributed by atoms with Gasteiger partial charge < -0.3 is 10.2 Å². The Balaban J connectivity index is 1.41. The molecule has 2 unspecified atom stereocenters. The lowest BCUT2D eigenvalue weighted by molar-refractivity contribution is -0.120.